The van der Waals surface area contributed by atoms with E-state index in [9.17, 15) is 9.59 Å². The van der Waals surface area contributed by atoms with Gasteiger partial charge in [0.05, 0.1) is 13.0 Å². The van der Waals surface area contributed by atoms with Crippen molar-refractivity contribution in [2.24, 2.45) is 5.73 Å². The smallest absolute Gasteiger partial charge is 0.251 e. The molecule has 6 heteroatoms. The van der Waals surface area contributed by atoms with E-state index in [0.717, 1.165) is 11.3 Å². The monoisotopic (exact) mass is 355 g/mol. The molecule has 0 aliphatic heterocycles. The molecule has 2 aromatic rings. The summed E-state index contributed by atoms with van der Waals surface area (Å²) in [6.07, 6.45) is 0.965. The summed E-state index contributed by atoms with van der Waals surface area (Å²) >= 11 is 0. The largest absolute Gasteiger partial charge is 0.493 e. The lowest BCUT2D eigenvalue weighted by Gasteiger charge is -2.08. The fraction of sp³-hybridized carbons (Fsp3) is 0.300. The Labute approximate surface area is 153 Å². The number of hydrogen-bond donors (Lipinski definition) is 3. The van der Waals surface area contributed by atoms with Gasteiger partial charge in [0.15, 0.2) is 0 Å². The van der Waals surface area contributed by atoms with Gasteiger partial charge in [0, 0.05) is 25.2 Å². The van der Waals surface area contributed by atoms with Crippen LogP contribution in [0.5, 0.6) is 5.75 Å². The lowest BCUT2D eigenvalue weighted by molar-refractivity contribution is -0.121. The first-order valence-electron chi connectivity index (χ1n) is 8.71. The molecule has 0 radical (unpaired) electrons. The van der Waals surface area contributed by atoms with E-state index >= 15 is 0 Å². The zero-order chi connectivity index (χ0) is 18.6. The van der Waals surface area contributed by atoms with Gasteiger partial charge in [0.1, 0.15) is 5.75 Å². The van der Waals surface area contributed by atoms with E-state index in [1.807, 2.05) is 42.5 Å². The molecule has 0 aromatic heterocycles. The topological polar surface area (TPSA) is 93.5 Å². The maximum atomic E-state index is 12.0. The summed E-state index contributed by atoms with van der Waals surface area (Å²) in [5.41, 5.74) is 7.12. The molecule has 0 aliphatic carbocycles. The van der Waals surface area contributed by atoms with Crippen LogP contribution in [0.25, 0.3) is 0 Å². The molecular formula is C20H25N3O3. The average Bonchev–Trinajstić information content (AvgIpc) is 2.68. The van der Waals surface area contributed by atoms with Gasteiger partial charge in [0.25, 0.3) is 5.91 Å². The summed E-state index contributed by atoms with van der Waals surface area (Å²) in [4.78, 5) is 23.7. The quantitative estimate of drug-likeness (QED) is 0.567. The molecule has 6 nitrogen and oxygen atoms in total. The second-order valence-electron chi connectivity index (χ2n) is 5.77. The third kappa shape index (κ3) is 6.94. The highest BCUT2D eigenvalue weighted by molar-refractivity contribution is 5.94. The van der Waals surface area contributed by atoms with Crippen LogP contribution in [-0.4, -0.2) is 31.5 Å². The number of benzene rings is 2. The lowest BCUT2D eigenvalue weighted by atomic mass is 10.1. The highest BCUT2D eigenvalue weighted by Crippen LogP contribution is 2.08. The molecule has 0 heterocycles. The minimum atomic E-state index is -0.129. The molecular weight excluding hydrogens is 330 g/mol. The third-order valence-corrected chi connectivity index (χ3v) is 3.75. The number of hydrogen-bond acceptors (Lipinski definition) is 4. The van der Waals surface area contributed by atoms with Gasteiger partial charge < -0.3 is 21.1 Å². The van der Waals surface area contributed by atoms with Crippen LogP contribution in [0, 0.1) is 0 Å². The number of carbonyl (C=O) groups is 2. The van der Waals surface area contributed by atoms with Crippen molar-refractivity contribution in [3.05, 3.63) is 65.7 Å². The predicted octanol–water partition coefficient (Wildman–Crippen LogP) is 1.85. The SMILES string of the molecule is NCc1ccc(C(=O)NCCCNC(=O)CCOc2ccccc2)cc1. The predicted molar refractivity (Wildman–Crippen MR) is 101 cm³/mol. The molecule has 4 N–H and O–H groups in total. The van der Waals surface area contributed by atoms with Crippen molar-refractivity contribution in [3.8, 4) is 5.75 Å². The van der Waals surface area contributed by atoms with Crippen molar-refractivity contribution >= 4 is 11.8 Å². The second kappa shape index (κ2) is 10.9. The Morgan fingerprint density at radius 2 is 1.62 bits per heavy atom. The molecule has 0 saturated carbocycles. The molecule has 0 bridgehead atoms. The first kappa shape index (κ1) is 19.5. The van der Waals surface area contributed by atoms with Crippen LogP contribution >= 0.6 is 0 Å². The van der Waals surface area contributed by atoms with Crippen molar-refractivity contribution in [2.45, 2.75) is 19.4 Å². The number of carbonyl (C=O) groups excluding carboxylic acids is 2. The maximum Gasteiger partial charge on any atom is 0.251 e. The molecule has 0 saturated heterocycles. The molecule has 2 aromatic carbocycles. The van der Waals surface area contributed by atoms with Crippen LogP contribution in [0.2, 0.25) is 0 Å². The molecule has 2 rings (SSSR count). The third-order valence-electron chi connectivity index (χ3n) is 3.75. The van der Waals surface area contributed by atoms with Gasteiger partial charge in [-0.1, -0.05) is 30.3 Å². The molecule has 0 aliphatic rings. The summed E-state index contributed by atoms with van der Waals surface area (Å²) in [6, 6.07) is 16.6. The minimum Gasteiger partial charge on any atom is -0.493 e. The van der Waals surface area contributed by atoms with Crippen LogP contribution in [0.3, 0.4) is 0 Å². The summed E-state index contributed by atoms with van der Waals surface area (Å²) in [5, 5.41) is 5.64. The van der Waals surface area contributed by atoms with Gasteiger partial charge >= 0.3 is 0 Å². The summed E-state index contributed by atoms with van der Waals surface area (Å²) in [6.45, 7) is 1.80. The highest BCUT2D eigenvalue weighted by atomic mass is 16.5. The summed E-state index contributed by atoms with van der Waals surface area (Å²) in [5.74, 6) is 0.559. The normalized spacial score (nSPS) is 10.2. The van der Waals surface area contributed by atoms with Gasteiger partial charge in [-0.05, 0) is 36.2 Å². The molecule has 0 fully saturated rings. The molecule has 26 heavy (non-hydrogen) atoms. The molecule has 138 valence electrons. The Bertz CT molecular complexity index is 687. The van der Waals surface area contributed by atoms with Gasteiger partial charge in [-0.3, -0.25) is 9.59 Å². The zero-order valence-electron chi connectivity index (χ0n) is 14.7. The number of para-hydroxylation sites is 1. The van der Waals surface area contributed by atoms with Crippen LogP contribution < -0.4 is 21.1 Å². The van der Waals surface area contributed by atoms with Crippen LogP contribution in [0.15, 0.2) is 54.6 Å². The standard InChI is InChI=1S/C20H25N3O3/c21-15-16-7-9-17(10-8-16)20(25)23-13-4-12-22-19(24)11-14-26-18-5-2-1-3-6-18/h1-3,5-10H,4,11-15,21H2,(H,22,24)(H,23,25). The van der Waals surface area contributed by atoms with E-state index in [0.29, 0.717) is 44.6 Å². The Hall–Kier alpha value is -2.86. The van der Waals surface area contributed by atoms with E-state index in [-0.39, 0.29) is 11.8 Å². The highest BCUT2D eigenvalue weighted by Gasteiger charge is 2.05. The van der Waals surface area contributed by atoms with Crippen molar-refractivity contribution in [3.63, 3.8) is 0 Å². The van der Waals surface area contributed by atoms with Crippen molar-refractivity contribution in [2.75, 3.05) is 19.7 Å². The lowest BCUT2D eigenvalue weighted by Crippen LogP contribution is -2.30. The van der Waals surface area contributed by atoms with Crippen LogP contribution in [0.1, 0.15) is 28.8 Å². The van der Waals surface area contributed by atoms with E-state index < -0.39 is 0 Å². The Morgan fingerprint density at radius 1 is 0.923 bits per heavy atom. The second-order valence-corrected chi connectivity index (χ2v) is 5.77. The van der Waals surface area contributed by atoms with Gasteiger partial charge in [-0.15, -0.1) is 0 Å². The maximum absolute atomic E-state index is 12.0. The fourth-order valence-electron chi connectivity index (χ4n) is 2.28. The van der Waals surface area contributed by atoms with E-state index in [4.69, 9.17) is 10.5 Å². The first-order chi connectivity index (χ1) is 12.7. The van der Waals surface area contributed by atoms with Crippen molar-refractivity contribution < 1.29 is 14.3 Å². The number of nitrogens with one attached hydrogen (secondary N) is 2. The molecule has 0 unspecified atom stereocenters. The molecule has 2 amide bonds. The summed E-state index contributed by atoms with van der Waals surface area (Å²) < 4.78 is 5.48. The minimum absolute atomic E-state index is 0.0652. The van der Waals surface area contributed by atoms with Gasteiger partial charge in [-0.25, -0.2) is 0 Å². The number of nitrogens with two attached hydrogens (primary N) is 1. The van der Waals surface area contributed by atoms with Gasteiger partial charge in [0.2, 0.25) is 5.91 Å². The summed E-state index contributed by atoms with van der Waals surface area (Å²) in [7, 11) is 0. The number of ether oxygens (including phenoxy) is 1. The Kier molecular flexibility index (Phi) is 8.15. The van der Waals surface area contributed by atoms with E-state index in [2.05, 4.69) is 10.6 Å². The molecule has 0 atom stereocenters. The Balaban J connectivity index is 1.53. The van der Waals surface area contributed by atoms with E-state index in [1.54, 1.807) is 12.1 Å². The zero-order valence-corrected chi connectivity index (χ0v) is 14.7. The van der Waals surface area contributed by atoms with Crippen LogP contribution in [-0.2, 0) is 11.3 Å². The number of rotatable bonds is 10. The molecule has 0 spiro atoms. The first-order valence-corrected chi connectivity index (χ1v) is 8.71. The number of amides is 2. The Morgan fingerprint density at radius 3 is 2.31 bits per heavy atom. The average molecular weight is 355 g/mol. The van der Waals surface area contributed by atoms with Crippen molar-refractivity contribution in [1.82, 2.24) is 10.6 Å². The van der Waals surface area contributed by atoms with E-state index in [1.165, 1.54) is 0 Å². The fourth-order valence-corrected chi connectivity index (χ4v) is 2.28. The van der Waals surface area contributed by atoms with Gasteiger partial charge in [-0.2, -0.15) is 0 Å². The van der Waals surface area contributed by atoms with Crippen LogP contribution in [0.4, 0.5) is 0 Å². The van der Waals surface area contributed by atoms with Crippen molar-refractivity contribution in [1.29, 1.82) is 0 Å².